The van der Waals surface area contributed by atoms with E-state index in [4.69, 9.17) is 4.43 Å². The van der Waals surface area contributed by atoms with Crippen molar-refractivity contribution in [3.8, 4) is 0 Å². The molecule has 4 nitrogen and oxygen atoms in total. The van der Waals surface area contributed by atoms with Gasteiger partial charge < -0.3 is 9.53 Å². The molecule has 0 radical (unpaired) electrons. The first-order chi connectivity index (χ1) is 15.7. The number of rotatable bonds is 5. The van der Waals surface area contributed by atoms with Crippen LogP contribution in [0.5, 0.6) is 0 Å². The van der Waals surface area contributed by atoms with Gasteiger partial charge in [-0.1, -0.05) is 51.8 Å². The molecule has 2 fully saturated rings. The molecule has 1 heterocycles. The second-order valence-corrected chi connectivity index (χ2v) is 20.5. The number of hydrogen-bond donors (Lipinski definition) is 1. The fourth-order valence-electron chi connectivity index (χ4n) is 7.45. The zero-order chi connectivity index (χ0) is 25.1. The van der Waals surface area contributed by atoms with Gasteiger partial charge in [-0.2, -0.15) is 0 Å². The first-order valence-corrected chi connectivity index (χ1v) is 18.2. The first-order valence-electron chi connectivity index (χ1n) is 13.6. The minimum absolute atomic E-state index is 0.145. The second kappa shape index (κ2) is 9.15. The Morgan fingerprint density at radius 3 is 2.56 bits per heavy atom. The summed E-state index contributed by atoms with van der Waals surface area (Å²) < 4.78 is 33.5. The maximum atomic E-state index is 13.4. The predicted molar refractivity (Wildman–Crippen MR) is 143 cm³/mol. The van der Waals surface area contributed by atoms with Crippen LogP contribution in [0.4, 0.5) is 0 Å². The molecule has 1 N–H and O–H groups in total. The molecule has 0 saturated heterocycles. The molecular weight excluding hydrogens is 460 g/mol. The van der Waals surface area contributed by atoms with E-state index in [9.17, 15) is 13.5 Å². The van der Waals surface area contributed by atoms with Crippen molar-refractivity contribution in [1.29, 1.82) is 0 Å². The van der Waals surface area contributed by atoms with E-state index >= 15 is 0 Å². The monoisotopic (exact) mass is 508 g/mol. The van der Waals surface area contributed by atoms with Gasteiger partial charge in [-0.15, -0.1) is 0 Å². The second-order valence-electron chi connectivity index (χ2n) is 13.6. The Labute approximate surface area is 209 Å². The van der Waals surface area contributed by atoms with Gasteiger partial charge in [0.15, 0.2) is 18.2 Å². The zero-order valence-corrected chi connectivity index (χ0v) is 24.4. The minimum atomic E-state index is -3.18. The number of aliphatic hydroxyl groups is 1. The molecule has 4 rings (SSSR count). The molecule has 0 bridgehead atoms. The average Bonchev–Trinajstić information content (AvgIpc) is 3.20. The quantitative estimate of drug-likeness (QED) is 0.343. The largest absolute Gasteiger partial charge is 0.414 e. The van der Waals surface area contributed by atoms with Gasteiger partial charge in [-0.3, -0.25) is 0 Å². The third-order valence-corrected chi connectivity index (χ3v) is 16.9. The summed E-state index contributed by atoms with van der Waals surface area (Å²) in [7, 11) is -5.08. The molecule has 2 saturated carbocycles. The molecule has 1 aliphatic heterocycles. The van der Waals surface area contributed by atoms with Crippen LogP contribution >= 0.6 is 0 Å². The van der Waals surface area contributed by atoms with E-state index in [2.05, 4.69) is 53.8 Å². The molecule has 0 aromatic heterocycles. The van der Waals surface area contributed by atoms with Crippen molar-refractivity contribution >= 4 is 18.2 Å². The van der Waals surface area contributed by atoms with Crippen molar-refractivity contribution < 1.29 is 18.0 Å². The topological polar surface area (TPSA) is 63.6 Å². The summed E-state index contributed by atoms with van der Waals surface area (Å²) in [6, 6.07) is 0. The Morgan fingerprint density at radius 2 is 1.91 bits per heavy atom. The fraction of sp³-hybridized carbons (Fsp3) is 0.857. The number of allylic oxidation sites excluding steroid dienone is 1. The molecule has 0 aromatic rings. The molecule has 0 unspecified atom stereocenters. The lowest BCUT2D eigenvalue weighted by Crippen LogP contribution is -2.44. The SMILES string of the molecule is C[C@H](CO)[C@H]1CC[C@H]2/C(=C/[C@@H]3C4=C(CC[C@H](O[Si](C)(C)C(C)(C)C)C4)CS3(=O)=O)CCC[C@]12C. The first kappa shape index (κ1) is 26.6. The Kier molecular flexibility index (Phi) is 7.16. The molecular formula is C28H48O4SSi. The summed E-state index contributed by atoms with van der Waals surface area (Å²) in [4.78, 5) is 0. The van der Waals surface area contributed by atoms with Crippen molar-refractivity contribution in [3.05, 3.63) is 22.8 Å². The minimum Gasteiger partial charge on any atom is -0.414 e. The number of hydrogen-bond acceptors (Lipinski definition) is 4. The summed E-state index contributed by atoms with van der Waals surface area (Å²) in [5, 5.41) is 9.55. The van der Waals surface area contributed by atoms with Crippen molar-refractivity contribution in [2.24, 2.45) is 23.2 Å². The molecule has 0 amide bonds. The van der Waals surface area contributed by atoms with E-state index in [0.29, 0.717) is 17.8 Å². The molecule has 4 aliphatic rings. The Morgan fingerprint density at radius 1 is 1.21 bits per heavy atom. The van der Waals surface area contributed by atoms with E-state index in [0.717, 1.165) is 50.5 Å². The molecule has 6 atom stereocenters. The van der Waals surface area contributed by atoms with Gasteiger partial charge in [0.1, 0.15) is 5.25 Å². The van der Waals surface area contributed by atoms with Crippen LogP contribution in [-0.2, 0) is 14.3 Å². The molecule has 0 aromatic carbocycles. The van der Waals surface area contributed by atoms with Crippen molar-refractivity contribution in [2.45, 2.75) is 115 Å². The highest BCUT2D eigenvalue weighted by Gasteiger charge is 2.51. The summed E-state index contributed by atoms with van der Waals surface area (Å²) >= 11 is 0. The normalized spacial score (nSPS) is 38.2. The maximum absolute atomic E-state index is 13.4. The van der Waals surface area contributed by atoms with Gasteiger partial charge in [0.2, 0.25) is 0 Å². The number of fused-ring (bicyclic) bond motifs is 1. The molecule has 3 aliphatic carbocycles. The van der Waals surface area contributed by atoms with E-state index in [1.165, 1.54) is 17.6 Å². The van der Waals surface area contributed by atoms with Crippen LogP contribution in [0.1, 0.15) is 86.0 Å². The van der Waals surface area contributed by atoms with Crippen molar-refractivity contribution in [1.82, 2.24) is 0 Å². The predicted octanol–water partition coefficient (Wildman–Crippen LogP) is 6.43. The summed E-state index contributed by atoms with van der Waals surface area (Å²) in [6.07, 6.45) is 10.6. The van der Waals surface area contributed by atoms with E-state index in [1.807, 2.05) is 0 Å². The van der Waals surface area contributed by atoms with Gasteiger partial charge in [0.05, 0.1) is 5.75 Å². The third-order valence-electron chi connectivity index (χ3n) is 10.4. The van der Waals surface area contributed by atoms with Crippen LogP contribution in [0.2, 0.25) is 18.1 Å². The number of aliphatic hydroxyl groups excluding tert-OH is 1. The standard InChI is InChI=1S/C28H48O4SSi/c1-19(17-29)24-12-13-25-20(9-8-14-28(24,25)5)15-26-23-16-22(32-34(6,7)27(2,3)4)11-10-21(23)18-33(26,30)31/h15,19,22,24-26,29H,8-14,16-18H2,1-7H3/b20-15+/t19-,22+,24-,25+,26-,28-/m1/s1. The smallest absolute Gasteiger partial charge is 0.192 e. The molecule has 0 spiro atoms. The van der Waals surface area contributed by atoms with Crippen LogP contribution in [-0.4, -0.2) is 45.6 Å². The molecule has 34 heavy (non-hydrogen) atoms. The van der Waals surface area contributed by atoms with Crippen LogP contribution < -0.4 is 0 Å². The lowest BCUT2D eigenvalue weighted by Gasteiger charge is -2.44. The zero-order valence-electron chi connectivity index (χ0n) is 22.6. The third kappa shape index (κ3) is 4.66. The van der Waals surface area contributed by atoms with Crippen LogP contribution in [0, 0.1) is 23.2 Å². The molecule has 6 heteroatoms. The van der Waals surface area contributed by atoms with E-state index in [1.54, 1.807) is 0 Å². The lowest BCUT2D eigenvalue weighted by molar-refractivity contribution is 0.0688. The average molecular weight is 509 g/mol. The molecule has 194 valence electrons. The summed E-state index contributed by atoms with van der Waals surface area (Å²) in [6.45, 7) is 16.2. The Hall–Kier alpha value is -0.433. The maximum Gasteiger partial charge on any atom is 0.192 e. The highest BCUT2D eigenvalue weighted by molar-refractivity contribution is 7.92. The Balaban J connectivity index is 1.59. The van der Waals surface area contributed by atoms with E-state index in [-0.39, 0.29) is 28.9 Å². The van der Waals surface area contributed by atoms with E-state index < -0.39 is 23.4 Å². The van der Waals surface area contributed by atoms with Crippen LogP contribution in [0.15, 0.2) is 22.8 Å². The van der Waals surface area contributed by atoms with Crippen LogP contribution in [0.25, 0.3) is 0 Å². The van der Waals surface area contributed by atoms with Gasteiger partial charge in [0, 0.05) is 12.7 Å². The van der Waals surface area contributed by atoms with Crippen molar-refractivity contribution in [2.75, 3.05) is 12.4 Å². The summed E-state index contributed by atoms with van der Waals surface area (Å²) in [5.41, 5.74) is 3.91. The van der Waals surface area contributed by atoms with Gasteiger partial charge >= 0.3 is 0 Å². The lowest BCUT2D eigenvalue weighted by atomic mass is 9.61. The Bertz CT molecular complexity index is 957. The van der Waals surface area contributed by atoms with Crippen LogP contribution in [0.3, 0.4) is 0 Å². The van der Waals surface area contributed by atoms with Gasteiger partial charge in [0.25, 0.3) is 0 Å². The fourth-order valence-corrected chi connectivity index (χ4v) is 10.9. The highest BCUT2D eigenvalue weighted by Crippen LogP contribution is 2.59. The van der Waals surface area contributed by atoms with Crippen molar-refractivity contribution in [3.63, 3.8) is 0 Å². The van der Waals surface area contributed by atoms with Gasteiger partial charge in [-0.25, -0.2) is 8.42 Å². The summed E-state index contributed by atoms with van der Waals surface area (Å²) in [5.74, 6) is 1.54. The van der Waals surface area contributed by atoms with Gasteiger partial charge in [-0.05, 0) is 98.2 Å². The highest BCUT2D eigenvalue weighted by atomic mass is 32.2. The number of sulfone groups is 1.